The lowest BCUT2D eigenvalue weighted by Crippen LogP contribution is -2.37. The first-order chi connectivity index (χ1) is 11.3. The van der Waals surface area contributed by atoms with Gasteiger partial charge in [0.1, 0.15) is 11.6 Å². The summed E-state index contributed by atoms with van der Waals surface area (Å²) in [5, 5.41) is 9.06. The second kappa shape index (κ2) is 6.87. The minimum atomic E-state index is 0.554. The van der Waals surface area contributed by atoms with Crippen LogP contribution in [0.25, 0.3) is 0 Å². The van der Waals surface area contributed by atoms with Crippen molar-refractivity contribution in [2.75, 3.05) is 45.9 Å². The van der Waals surface area contributed by atoms with Gasteiger partial charge in [-0.1, -0.05) is 0 Å². The van der Waals surface area contributed by atoms with Crippen LogP contribution in [0, 0.1) is 5.92 Å². The monoisotopic (exact) mass is 319 g/mol. The molecule has 1 aliphatic carbocycles. The molecule has 2 aliphatic heterocycles. The topological polar surface area (TPSA) is 46.4 Å². The van der Waals surface area contributed by atoms with Crippen molar-refractivity contribution in [2.45, 2.75) is 38.1 Å². The maximum absolute atomic E-state index is 5.43. The van der Waals surface area contributed by atoms with Gasteiger partial charge in [-0.15, -0.1) is 10.2 Å². The molecule has 1 aromatic rings. The van der Waals surface area contributed by atoms with Gasteiger partial charge in [-0.05, 0) is 38.1 Å². The van der Waals surface area contributed by atoms with E-state index in [0.717, 1.165) is 44.6 Å². The van der Waals surface area contributed by atoms with Crippen LogP contribution in [-0.2, 0) is 18.3 Å². The van der Waals surface area contributed by atoms with E-state index in [4.69, 9.17) is 4.74 Å². The molecule has 23 heavy (non-hydrogen) atoms. The summed E-state index contributed by atoms with van der Waals surface area (Å²) >= 11 is 0. The second-order valence-electron chi connectivity index (χ2n) is 7.46. The van der Waals surface area contributed by atoms with Gasteiger partial charge < -0.3 is 14.2 Å². The zero-order chi connectivity index (χ0) is 15.6. The quantitative estimate of drug-likeness (QED) is 0.817. The first kappa shape index (κ1) is 15.5. The Labute approximate surface area is 138 Å². The third kappa shape index (κ3) is 3.75. The van der Waals surface area contributed by atoms with E-state index in [2.05, 4.69) is 31.6 Å². The summed E-state index contributed by atoms with van der Waals surface area (Å²) in [7, 11) is 2.14. The molecular formula is C17H29N5O. The van der Waals surface area contributed by atoms with Gasteiger partial charge in [0.15, 0.2) is 0 Å². The van der Waals surface area contributed by atoms with Gasteiger partial charge in [-0.2, -0.15) is 0 Å². The fraction of sp³-hybridized carbons (Fsp3) is 0.882. The van der Waals surface area contributed by atoms with E-state index in [1.165, 1.54) is 51.1 Å². The first-order valence-corrected chi connectivity index (χ1v) is 9.20. The number of hydrogen-bond acceptors (Lipinski definition) is 5. The predicted molar refractivity (Wildman–Crippen MR) is 88.2 cm³/mol. The maximum Gasteiger partial charge on any atom is 0.146 e. The number of nitrogens with zero attached hydrogens (tertiary/aromatic N) is 5. The minimum Gasteiger partial charge on any atom is -0.379 e. The number of hydrogen-bond donors (Lipinski definition) is 0. The Balaban J connectivity index is 1.39. The second-order valence-corrected chi connectivity index (χ2v) is 7.46. The van der Waals surface area contributed by atoms with E-state index in [0.29, 0.717) is 5.92 Å². The van der Waals surface area contributed by atoms with Crippen molar-refractivity contribution in [3.05, 3.63) is 11.6 Å². The maximum atomic E-state index is 5.43. The van der Waals surface area contributed by atoms with Gasteiger partial charge in [0.25, 0.3) is 0 Å². The van der Waals surface area contributed by atoms with Gasteiger partial charge in [0, 0.05) is 39.1 Å². The third-order valence-corrected chi connectivity index (χ3v) is 5.55. The Morgan fingerprint density at radius 2 is 1.87 bits per heavy atom. The molecule has 0 bridgehead atoms. The van der Waals surface area contributed by atoms with E-state index in [1.54, 1.807) is 0 Å². The van der Waals surface area contributed by atoms with Crippen molar-refractivity contribution in [2.24, 2.45) is 13.0 Å². The highest BCUT2D eigenvalue weighted by Gasteiger charge is 2.30. The third-order valence-electron chi connectivity index (χ3n) is 5.55. The Kier molecular flexibility index (Phi) is 4.64. The number of likely N-dealkylation sites (tertiary alicyclic amines) is 1. The fourth-order valence-corrected chi connectivity index (χ4v) is 3.93. The molecule has 0 spiro atoms. The van der Waals surface area contributed by atoms with Gasteiger partial charge in [-0.3, -0.25) is 4.90 Å². The number of ether oxygens (including phenoxy) is 1. The molecule has 6 nitrogen and oxygen atoms in total. The number of morpholine rings is 1. The van der Waals surface area contributed by atoms with Crippen molar-refractivity contribution in [1.82, 2.24) is 24.6 Å². The van der Waals surface area contributed by atoms with Crippen molar-refractivity contribution >= 4 is 0 Å². The van der Waals surface area contributed by atoms with Crippen LogP contribution in [0.1, 0.15) is 43.3 Å². The largest absolute Gasteiger partial charge is 0.379 e. The smallest absolute Gasteiger partial charge is 0.146 e. The van der Waals surface area contributed by atoms with Crippen LogP contribution >= 0.6 is 0 Å². The van der Waals surface area contributed by atoms with Crippen LogP contribution in [0.5, 0.6) is 0 Å². The highest BCUT2D eigenvalue weighted by Crippen LogP contribution is 2.33. The first-order valence-electron chi connectivity index (χ1n) is 9.20. The lowest BCUT2D eigenvalue weighted by atomic mass is 9.97. The van der Waals surface area contributed by atoms with Crippen LogP contribution in [0.15, 0.2) is 0 Å². The molecular weight excluding hydrogens is 290 g/mol. The summed E-state index contributed by atoms with van der Waals surface area (Å²) in [6.45, 7) is 8.31. The molecule has 6 heteroatoms. The van der Waals surface area contributed by atoms with E-state index in [9.17, 15) is 0 Å². The molecule has 0 radical (unpaired) electrons. The van der Waals surface area contributed by atoms with Crippen molar-refractivity contribution < 1.29 is 4.74 Å². The summed E-state index contributed by atoms with van der Waals surface area (Å²) in [6, 6.07) is 0. The average Bonchev–Trinajstić information content (AvgIpc) is 3.32. The predicted octanol–water partition coefficient (Wildman–Crippen LogP) is 1.24. The number of rotatable bonds is 5. The highest BCUT2D eigenvalue weighted by atomic mass is 16.5. The molecule has 1 saturated carbocycles. The SMILES string of the molecule is Cn1c(CN2CCOCC2)nnc1C1CCCN(CC2CC2)C1. The molecule has 0 amide bonds. The molecule has 128 valence electrons. The van der Waals surface area contributed by atoms with Gasteiger partial charge in [-0.25, -0.2) is 0 Å². The average molecular weight is 319 g/mol. The molecule has 1 atom stereocenters. The standard InChI is InChI=1S/C17H29N5O/c1-20-16(13-21-7-9-23-10-8-21)18-19-17(20)15-3-2-6-22(12-15)11-14-4-5-14/h14-15H,2-13H2,1H3. The summed E-state index contributed by atoms with van der Waals surface area (Å²) in [6.07, 6.45) is 5.43. The highest BCUT2D eigenvalue weighted by molar-refractivity contribution is 5.04. The Morgan fingerprint density at radius 3 is 2.65 bits per heavy atom. The van der Waals surface area contributed by atoms with E-state index < -0.39 is 0 Å². The van der Waals surface area contributed by atoms with Crippen molar-refractivity contribution in [3.8, 4) is 0 Å². The molecule has 3 aliphatic rings. The molecule has 2 saturated heterocycles. The summed E-state index contributed by atoms with van der Waals surface area (Å²) in [5.74, 6) is 3.82. The van der Waals surface area contributed by atoms with Crippen molar-refractivity contribution in [3.63, 3.8) is 0 Å². The van der Waals surface area contributed by atoms with Crippen molar-refractivity contribution in [1.29, 1.82) is 0 Å². The van der Waals surface area contributed by atoms with Crippen LogP contribution in [0.3, 0.4) is 0 Å². The van der Waals surface area contributed by atoms with Crippen LogP contribution < -0.4 is 0 Å². The lowest BCUT2D eigenvalue weighted by molar-refractivity contribution is 0.0326. The lowest BCUT2D eigenvalue weighted by Gasteiger charge is -2.32. The minimum absolute atomic E-state index is 0.554. The molecule has 0 aromatic carbocycles. The summed E-state index contributed by atoms with van der Waals surface area (Å²) in [4.78, 5) is 5.07. The zero-order valence-electron chi connectivity index (χ0n) is 14.3. The molecule has 1 unspecified atom stereocenters. The molecule has 0 N–H and O–H groups in total. The fourth-order valence-electron chi connectivity index (χ4n) is 3.93. The van der Waals surface area contributed by atoms with Gasteiger partial charge in [0.2, 0.25) is 0 Å². The number of piperidine rings is 1. The Bertz CT molecular complexity index is 521. The van der Waals surface area contributed by atoms with Gasteiger partial charge in [0.05, 0.1) is 19.8 Å². The van der Waals surface area contributed by atoms with Crippen LogP contribution in [0.2, 0.25) is 0 Å². The zero-order valence-corrected chi connectivity index (χ0v) is 14.3. The normalized spacial score (nSPS) is 27.4. The molecule has 1 aromatic heterocycles. The van der Waals surface area contributed by atoms with E-state index >= 15 is 0 Å². The Hall–Kier alpha value is -0.980. The molecule has 3 fully saturated rings. The summed E-state index contributed by atoms with van der Waals surface area (Å²) in [5.41, 5.74) is 0. The molecule has 4 rings (SSSR count). The van der Waals surface area contributed by atoms with E-state index in [-0.39, 0.29) is 0 Å². The van der Waals surface area contributed by atoms with Gasteiger partial charge >= 0.3 is 0 Å². The van der Waals surface area contributed by atoms with E-state index in [1.807, 2.05) is 0 Å². The Morgan fingerprint density at radius 1 is 1.04 bits per heavy atom. The van der Waals surface area contributed by atoms with Crippen LogP contribution in [-0.4, -0.2) is 70.5 Å². The van der Waals surface area contributed by atoms with Crippen LogP contribution in [0.4, 0.5) is 0 Å². The summed E-state index contributed by atoms with van der Waals surface area (Å²) < 4.78 is 7.68. The molecule has 3 heterocycles. The number of aromatic nitrogens is 3.